The summed E-state index contributed by atoms with van der Waals surface area (Å²) in [6, 6.07) is 14.8. The highest BCUT2D eigenvalue weighted by atomic mass is 16.2. The van der Waals surface area contributed by atoms with Crippen molar-refractivity contribution in [2.45, 2.75) is 31.7 Å². The minimum absolute atomic E-state index is 0.0373. The lowest BCUT2D eigenvalue weighted by atomic mass is 10.0. The number of anilines is 1. The molecule has 0 aromatic heterocycles. The average Bonchev–Trinajstić information content (AvgIpc) is 3.17. The fourth-order valence-electron chi connectivity index (χ4n) is 4.07. The van der Waals surface area contributed by atoms with E-state index in [-0.39, 0.29) is 6.03 Å². The summed E-state index contributed by atoms with van der Waals surface area (Å²) in [5.74, 6) is 0. The number of rotatable bonds is 2. The Balaban J connectivity index is 1.47. The van der Waals surface area contributed by atoms with Gasteiger partial charge in [0.15, 0.2) is 0 Å². The molecule has 2 heterocycles. The van der Waals surface area contributed by atoms with Gasteiger partial charge in [0.05, 0.1) is 5.69 Å². The first-order chi connectivity index (χ1) is 11.8. The molecule has 0 bridgehead atoms. The second-order valence-corrected chi connectivity index (χ2v) is 6.94. The molecular weight excluding hydrogens is 298 g/mol. The second kappa shape index (κ2) is 6.81. The molecule has 2 aromatic carbocycles. The fraction of sp³-hybridized carbons (Fsp3) is 0.450. The van der Waals surface area contributed by atoms with Crippen molar-refractivity contribution >= 4 is 22.5 Å². The topological polar surface area (TPSA) is 35.6 Å². The van der Waals surface area contributed by atoms with Crippen LogP contribution in [0.1, 0.15) is 25.7 Å². The van der Waals surface area contributed by atoms with Gasteiger partial charge in [-0.05, 0) is 50.2 Å². The Morgan fingerprint density at radius 1 is 0.958 bits per heavy atom. The van der Waals surface area contributed by atoms with Crippen molar-refractivity contribution < 1.29 is 4.79 Å². The van der Waals surface area contributed by atoms with Crippen LogP contribution in [-0.4, -0.2) is 48.1 Å². The standard InChI is InChI=1S/C20H25N3O/c24-20(21-19-11-5-8-16-7-1-2-10-18(16)19)23-14-6-9-17(15-23)22-12-3-4-13-22/h1-2,5,7-8,10-11,17H,3-4,6,9,12-15H2,(H,21,24)/t17-/m0/s1. The molecule has 2 aliphatic heterocycles. The van der Waals surface area contributed by atoms with Crippen molar-refractivity contribution in [2.24, 2.45) is 0 Å². The number of hydrogen-bond acceptors (Lipinski definition) is 2. The van der Waals surface area contributed by atoms with Gasteiger partial charge in [-0.1, -0.05) is 36.4 Å². The number of carbonyl (C=O) groups is 1. The summed E-state index contributed by atoms with van der Waals surface area (Å²) in [4.78, 5) is 17.3. The summed E-state index contributed by atoms with van der Waals surface area (Å²) in [6.07, 6.45) is 4.93. The smallest absolute Gasteiger partial charge is 0.321 e. The highest BCUT2D eigenvalue weighted by Gasteiger charge is 2.29. The van der Waals surface area contributed by atoms with Crippen molar-refractivity contribution in [2.75, 3.05) is 31.5 Å². The number of piperidine rings is 1. The molecule has 2 aromatic rings. The number of nitrogens with one attached hydrogen (secondary N) is 1. The van der Waals surface area contributed by atoms with Gasteiger partial charge in [-0.15, -0.1) is 0 Å². The molecule has 1 N–H and O–H groups in total. The number of benzene rings is 2. The highest BCUT2D eigenvalue weighted by Crippen LogP contribution is 2.25. The predicted octanol–water partition coefficient (Wildman–Crippen LogP) is 3.93. The van der Waals surface area contributed by atoms with Gasteiger partial charge >= 0.3 is 6.03 Å². The van der Waals surface area contributed by atoms with E-state index in [4.69, 9.17) is 0 Å². The first kappa shape index (κ1) is 15.5. The zero-order valence-electron chi connectivity index (χ0n) is 14.1. The number of hydrogen-bond donors (Lipinski definition) is 1. The zero-order valence-corrected chi connectivity index (χ0v) is 14.1. The summed E-state index contributed by atoms with van der Waals surface area (Å²) in [5.41, 5.74) is 0.904. The minimum atomic E-state index is 0.0373. The van der Waals surface area contributed by atoms with E-state index in [0.717, 1.165) is 36.0 Å². The van der Waals surface area contributed by atoms with Crippen molar-refractivity contribution in [3.63, 3.8) is 0 Å². The van der Waals surface area contributed by atoms with Crippen LogP contribution < -0.4 is 5.32 Å². The lowest BCUT2D eigenvalue weighted by Crippen LogP contribution is -2.50. The quantitative estimate of drug-likeness (QED) is 0.909. The van der Waals surface area contributed by atoms with Crippen LogP contribution in [-0.2, 0) is 0 Å². The molecule has 0 radical (unpaired) electrons. The summed E-state index contributed by atoms with van der Waals surface area (Å²) < 4.78 is 0. The normalized spacial score (nSPS) is 22.0. The van der Waals surface area contributed by atoms with Crippen LogP contribution in [0, 0.1) is 0 Å². The van der Waals surface area contributed by atoms with Crippen LogP contribution >= 0.6 is 0 Å². The molecule has 4 rings (SSSR count). The number of fused-ring (bicyclic) bond motifs is 1. The maximum atomic E-state index is 12.8. The summed E-state index contributed by atoms with van der Waals surface area (Å²) >= 11 is 0. The Hall–Kier alpha value is -2.07. The molecule has 2 amide bonds. The number of likely N-dealkylation sites (tertiary alicyclic amines) is 2. The van der Waals surface area contributed by atoms with Crippen molar-refractivity contribution in [3.8, 4) is 0 Å². The highest BCUT2D eigenvalue weighted by molar-refractivity contribution is 6.01. The van der Waals surface area contributed by atoms with Crippen molar-refractivity contribution in [3.05, 3.63) is 42.5 Å². The molecule has 2 aliphatic rings. The summed E-state index contributed by atoms with van der Waals surface area (Å²) in [5, 5.41) is 5.39. The molecule has 0 saturated carbocycles. The molecule has 24 heavy (non-hydrogen) atoms. The van der Waals surface area contributed by atoms with Gasteiger partial charge in [0.1, 0.15) is 0 Å². The minimum Gasteiger partial charge on any atom is -0.323 e. The average molecular weight is 323 g/mol. The Bertz CT molecular complexity index is 718. The Morgan fingerprint density at radius 3 is 2.62 bits per heavy atom. The van der Waals surface area contributed by atoms with Gasteiger partial charge in [0.25, 0.3) is 0 Å². The second-order valence-electron chi connectivity index (χ2n) is 6.94. The Labute approximate surface area is 143 Å². The van der Waals surface area contributed by atoms with E-state index in [1.165, 1.54) is 32.4 Å². The van der Waals surface area contributed by atoms with E-state index in [1.807, 2.05) is 29.2 Å². The van der Waals surface area contributed by atoms with Crippen LogP contribution in [0.3, 0.4) is 0 Å². The predicted molar refractivity (Wildman–Crippen MR) is 98.4 cm³/mol. The van der Waals surface area contributed by atoms with Crippen LogP contribution in [0.15, 0.2) is 42.5 Å². The number of carbonyl (C=O) groups excluding carboxylic acids is 1. The Morgan fingerprint density at radius 2 is 1.75 bits per heavy atom. The third-order valence-electron chi connectivity index (χ3n) is 5.37. The number of nitrogens with zero attached hydrogens (tertiary/aromatic N) is 2. The summed E-state index contributed by atoms with van der Waals surface area (Å²) in [6.45, 7) is 4.12. The van der Waals surface area contributed by atoms with Crippen LogP contribution in [0.25, 0.3) is 10.8 Å². The van der Waals surface area contributed by atoms with Crippen molar-refractivity contribution in [1.82, 2.24) is 9.80 Å². The van der Waals surface area contributed by atoms with E-state index in [2.05, 4.69) is 28.4 Å². The Kier molecular flexibility index (Phi) is 4.39. The lowest BCUT2D eigenvalue weighted by molar-refractivity contribution is 0.132. The fourth-order valence-corrected chi connectivity index (χ4v) is 4.07. The van der Waals surface area contributed by atoms with E-state index in [1.54, 1.807) is 0 Å². The third-order valence-corrected chi connectivity index (χ3v) is 5.37. The maximum Gasteiger partial charge on any atom is 0.321 e. The molecule has 2 fully saturated rings. The van der Waals surface area contributed by atoms with E-state index < -0.39 is 0 Å². The molecule has 0 aliphatic carbocycles. The summed E-state index contributed by atoms with van der Waals surface area (Å²) in [7, 11) is 0. The van der Waals surface area contributed by atoms with Gasteiger partial charge in [-0.25, -0.2) is 4.79 Å². The number of urea groups is 1. The maximum absolute atomic E-state index is 12.8. The van der Waals surface area contributed by atoms with Gasteiger partial charge in [0.2, 0.25) is 0 Å². The van der Waals surface area contributed by atoms with Crippen LogP contribution in [0.5, 0.6) is 0 Å². The van der Waals surface area contributed by atoms with Crippen LogP contribution in [0.2, 0.25) is 0 Å². The van der Waals surface area contributed by atoms with Gasteiger partial charge in [0, 0.05) is 24.5 Å². The zero-order chi connectivity index (χ0) is 16.4. The molecule has 126 valence electrons. The van der Waals surface area contributed by atoms with Crippen LogP contribution in [0.4, 0.5) is 10.5 Å². The monoisotopic (exact) mass is 323 g/mol. The molecule has 4 heteroatoms. The van der Waals surface area contributed by atoms with Gasteiger partial charge < -0.3 is 10.2 Å². The first-order valence-corrected chi connectivity index (χ1v) is 9.09. The third kappa shape index (κ3) is 3.11. The molecular formula is C20H25N3O. The van der Waals surface area contributed by atoms with E-state index in [0.29, 0.717) is 6.04 Å². The SMILES string of the molecule is O=C(Nc1cccc2ccccc12)N1CCC[C@H](N2CCCC2)C1. The molecule has 2 saturated heterocycles. The molecule has 4 nitrogen and oxygen atoms in total. The number of amides is 2. The molecule has 0 spiro atoms. The molecule has 1 atom stereocenters. The molecule has 0 unspecified atom stereocenters. The lowest BCUT2D eigenvalue weighted by Gasteiger charge is -2.37. The van der Waals surface area contributed by atoms with Gasteiger partial charge in [-0.3, -0.25) is 4.90 Å². The van der Waals surface area contributed by atoms with E-state index in [9.17, 15) is 4.79 Å². The largest absolute Gasteiger partial charge is 0.323 e. The van der Waals surface area contributed by atoms with Crippen molar-refractivity contribution in [1.29, 1.82) is 0 Å². The van der Waals surface area contributed by atoms with Gasteiger partial charge in [-0.2, -0.15) is 0 Å². The van der Waals surface area contributed by atoms with E-state index >= 15 is 0 Å². The first-order valence-electron chi connectivity index (χ1n) is 9.09.